The number of nitrogens with two attached hydrogens (primary N) is 1. The summed E-state index contributed by atoms with van der Waals surface area (Å²) in [4.78, 5) is 13.9. The van der Waals surface area contributed by atoms with Gasteiger partial charge in [0.15, 0.2) is 0 Å². The minimum Gasteiger partial charge on any atom is -0.340 e. The van der Waals surface area contributed by atoms with E-state index in [1.165, 1.54) is 0 Å². The Kier molecular flexibility index (Phi) is 6.22. The normalized spacial score (nSPS) is 11.3. The molecule has 2 N–H and O–H groups in total. The molecule has 20 heavy (non-hydrogen) atoms. The molecule has 0 aromatic heterocycles. The van der Waals surface area contributed by atoms with Crippen molar-refractivity contribution < 1.29 is 4.79 Å². The molecule has 0 radical (unpaired) electrons. The van der Waals surface area contributed by atoms with Crippen molar-refractivity contribution in [3.8, 4) is 0 Å². The van der Waals surface area contributed by atoms with Crippen LogP contribution in [0.4, 0.5) is 0 Å². The number of carbonyl (C=O) groups excluding carboxylic acids is 1. The lowest BCUT2D eigenvalue weighted by atomic mass is 10.1. The van der Waals surface area contributed by atoms with Gasteiger partial charge in [0.2, 0.25) is 5.91 Å². The molecule has 0 bridgehead atoms. The number of hydrogen-bond donors (Lipinski definition) is 1. The average Bonchev–Trinajstić information content (AvgIpc) is 2.47. The fourth-order valence-corrected chi connectivity index (χ4v) is 1.98. The van der Waals surface area contributed by atoms with Crippen molar-refractivity contribution in [2.45, 2.75) is 12.6 Å². The van der Waals surface area contributed by atoms with E-state index < -0.39 is 6.04 Å². The highest BCUT2D eigenvalue weighted by molar-refractivity contribution is 5.85. The van der Waals surface area contributed by atoms with Crippen LogP contribution in [0.25, 0.3) is 0 Å². The Morgan fingerprint density at radius 3 is 2.10 bits per heavy atom. The van der Waals surface area contributed by atoms with Crippen LogP contribution in [0.3, 0.4) is 0 Å². The van der Waals surface area contributed by atoms with Gasteiger partial charge < -0.3 is 10.6 Å². The zero-order valence-electron chi connectivity index (χ0n) is 11.4. The quantitative estimate of drug-likeness (QED) is 0.941. The molecule has 0 unspecified atom stereocenters. The number of halogens is 1. The lowest BCUT2D eigenvalue weighted by Crippen LogP contribution is -2.35. The number of rotatable bonds is 4. The molecular formula is C16H19ClN2O. The zero-order valence-corrected chi connectivity index (χ0v) is 12.2. The standard InChI is InChI=1S/C16H18N2O.ClH/c1-18(12-13-8-4-2-5-9-13)16(19)15(17)14-10-6-3-7-11-14;/h2-11,15H,12,17H2,1H3;1H/t15-;/m0./s1. The van der Waals surface area contributed by atoms with Gasteiger partial charge in [0.25, 0.3) is 0 Å². The lowest BCUT2D eigenvalue weighted by molar-refractivity contribution is -0.131. The van der Waals surface area contributed by atoms with Crippen LogP contribution in [0.15, 0.2) is 60.7 Å². The molecule has 0 aliphatic carbocycles. The Bertz CT molecular complexity index is 531. The Morgan fingerprint density at radius 2 is 1.55 bits per heavy atom. The van der Waals surface area contributed by atoms with E-state index in [1.807, 2.05) is 60.7 Å². The van der Waals surface area contributed by atoms with Crippen molar-refractivity contribution in [3.05, 3.63) is 71.8 Å². The lowest BCUT2D eigenvalue weighted by Gasteiger charge is -2.21. The topological polar surface area (TPSA) is 46.3 Å². The molecule has 1 amide bonds. The fourth-order valence-electron chi connectivity index (χ4n) is 1.98. The third kappa shape index (κ3) is 4.08. The number of hydrogen-bond acceptors (Lipinski definition) is 2. The Balaban J connectivity index is 0.00000200. The molecule has 3 nitrogen and oxygen atoms in total. The van der Waals surface area contributed by atoms with Crippen LogP contribution in [0.5, 0.6) is 0 Å². The van der Waals surface area contributed by atoms with E-state index in [4.69, 9.17) is 5.73 Å². The largest absolute Gasteiger partial charge is 0.340 e. The molecule has 0 aliphatic heterocycles. The monoisotopic (exact) mass is 290 g/mol. The van der Waals surface area contributed by atoms with Crippen molar-refractivity contribution in [3.63, 3.8) is 0 Å². The predicted octanol–water partition coefficient (Wildman–Crippen LogP) is 2.77. The summed E-state index contributed by atoms with van der Waals surface area (Å²) >= 11 is 0. The molecular weight excluding hydrogens is 272 g/mol. The summed E-state index contributed by atoms with van der Waals surface area (Å²) in [6, 6.07) is 18.7. The predicted molar refractivity (Wildman–Crippen MR) is 83.5 cm³/mol. The zero-order chi connectivity index (χ0) is 13.7. The second kappa shape index (κ2) is 7.68. The van der Waals surface area contributed by atoms with Crippen molar-refractivity contribution >= 4 is 18.3 Å². The van der Waals surface area contributed by atoms with Crippen LogP contribution in [-0.4, -0.2) is 17.9 Å². The van der Waals surface area contributed by atoms with E-state index in [9.17, 15) is 4.79 Å². The SMILES string of the molecule is CN(Cc1ccccc1)C(=O)[C@@H](N)c1ccccc1.Cl. The fraction of sp³-hybridized carbons (Fsp3) is 0.188. The second-order valence-electron chi connectivity index (χ2n) is 4.57. The highest BCUT2D eigenvalue weighted by atomic mass is 35.5. The van der Waals surface area contributed by atoms with Gasteiger partial charge in [-0.2, -0.15) is 0 Å². The van der Waals surface area contributed by atoms with Gasteiger partial charge in [0, 0.05) is 13.6 Å². The maximum absolute atomic E-state index is 12.2. The summed E-state index contributed by atoms with van der Waals surface area (Å²) in [5, 5.41) is 0. The van der Waals surface area contributed by atoms with E-state index in [0.717, 1.165) is 11.1 Å². The average molecular weight is 291 g/mol. The Labute approximate surface area is 125 Å². The number of benzene rings is 2. The minimum absolute atomic E-state index is 0. The number of amides is 1. The van der Waals surface area contributed by atoms with Gasteiger partial charge in [-0.05, 0) is 11.1 Å². The molecule has 0 saturated carbocycles. The summed E-state index contributed by atoms with van der Waals surface area (Å²) in [6.07, 6.45) is 0. The third-order valence-corrected chi connectivity index (χ3v) is 3.06. The van der Waals surface area contributed by atoms with E-state index in [0.29, 0.717) is 6.54 Å². The summed E-state index contributed by atoms with van der Waals surface area (Å²) in [5.74, 6) is -0.0740. The Morgan fingerprint density at radius 1 is 1.05 bits per heavy atom. The van der Waals surface area contributed by atoms with Crippen LogP contribution in [0, 0.1) is 0 Å². The minimum atomic E-state index is -0.602. The van der Waals surface area contributed by atoms with Crippen LogP contribution in [0.2, 0.25) is 0 Å². The van der Waals surface area contributed by atoms with E-state index in [1.54, 1.807) is 11.9 Å². The Hall–Kier alpha value is -1.84. The smallest absolute Gasteiger partial charge is 0.244 e. The number of likely N-dealkylation sites (N-methyl/N-ethyl adjacent to an activating group) is 1. The first-order valence-corrected chi connectivity index (χ1v) is 6.28. The highest BCUT2D eigenvalue weighted by Gasteiger charge is 2.19. The molecule has 0 heterocycles. The van der Waals surface area contributed by atoms with Crippen molar-refractivity contribution in [2.75, 3.05) is 7.05 Å². The summed E-state index contributed by atoms with van der Waals surface area (Å²) < 4.78 is 0. The van der Waals surface area contributed by atoms with Gasteiger partial charge in [-0.1, -0.05) is 60.7 Å². The van der Waals surface area contributed by atoms with E-state index in [-0.39, 0.29) is 18.3 Å². The third-order valence-electron chi connectivity index (χ3n) is 3.06. The van der Waals surface area contributed by atoms with E-state index in [2.05, 4.69) is 0 Å². The molecule has 0 saturated heterocycles. The van der Waals surface area contributed by atoms with Gasteiger partial charge in [-0.3, -0.25) is 4.79 Å². The molecule has 2 aromatic rings. The van der Waals surface area contributed by atoms with Gasteiger partial charge in [-0.15, -0.1) is 12.4 Å². The molecule has 2 aromatic carbocycles. The first-order valence-electron chi connectivity index (χ1n) is 6.28. The van der Waals surface area contributed by atoms with Crippen LogP contribution >= 0.6 is 12.4 Å². The van der Waals surface area contributed by atoms with E-state index >= 15 is 0 Å². The van der Waals surface area contributed by atoms with Gasteiger partial charge >= 0.3 is 0 Å². The van der Waals surface area contributed by atoms with Gasteiger partial charge in [-0.25, -0.2) is 0 Å². The second-order valence-corrected chi connectivity index (χ2v) is 4.57. The van der Waals surface area contributed by atoms with Crippen molar-refractivity contribution in [2.24, 2.45) is 5.73 Å². The molecule has 0 fully saturated rings. The molecule has 106 valence electrons. The van der Waals surface area contributed by atoms with Crippen LogP contribution in [0.1, 0.15) is 17.2 Å². The molecule has 1 atom stereocenters. The van der Waals surface area contributed by atoms with Gasteiger partial charge in [0.1, 0.15) is 6.04 Å². The first kappa shape index (κ1) is 16.2. The molecule has 2 rings (SSSR count). The van der Waals surface area contributed by atoms with Crippen molar-refractivity contribution in [1.29, 1.82) is 0 Å². The number of carbonyl (C=O) groups is 1. The maximum atomic E-state index is 12.2. The van der Waals surface area contributed by atoms with Gasteiger partial charge in [0.05, 0.1) is 0 Å². The highest BCUT2D eigenvalue weighted by Crippen LogP contribution is 2.13. The summed E-state index contributed by atoms with van der Waals surface area (Å²) in [6.45, 7) is 0.570. The summed E-state index contributed by atoms with van der Waals surface area (Å²) in [7, 11) is 1.78. The van der Waals surface area contributed by atoms with Crippen molar-refractivity contribution in [1.82, 2.24) is 4.90 Å². The van der Waals surface area contributed by atoms with Crippen LogP contribution in [-0.2, 0) is 11.3 Å². The summed E-state index contributed by atoms with van der Waals surface area (Å²) in [5.41, 5.74) is 7.94. The molecule has 4 heteroatoms. The molecule has 0 spiro atoms. The molecule has 0 aliphatic rings. The van der Waals surface area contributed by atoms with Crippen LogP contribution < -0.4 is 5.73 Å². The first-order chi connectivity index (χ1) is 9.18. The number of nitrogens with zero attached hydrogens (tertiary/aromatic N) is 1. The maximum Gasteiger partial charge on any atom is 0.244 e.